The van der Waals surface area contributed by atoms with Crippen LogP contribution in [0.4, 0.5) is 0 Å². The molecule has 0 heterocycles. The summed E-state index contributed by atoms with van der Waals surface area (Å²) < 4.78 is 0.861. The van der Waals surface area contributed by atoms with Gasteiger partial charge >= 0.3 is 66.0 Å². The molecule has 0 atom stereocenters. The van der Waals surface area contributed by atoms with Crippen LogP contribution in [0, 0.1) is 0 Å². The molecule has 0 amide bonds. The van der Waals surface area contributed by atoms with Crippen LogP contribution in [0.1, 0.15) is 0 Å². The second-order valence-electron chi connectivity index (χ2n) is 1.70. The van der Waals surface area contributed by atoms with Crippen molar-refractivity contribution in [2.75, 3.05) is 0 Å². The number of phenolic OH excluding ortho intramolecular Hbond substituents is 2. The summed E-state index contributed by atoms with van der Waals surface area (Å²) in [6, 6.07) is 4.59. The van der Waals surface area contributed by atoms with Gasteiger partial charge in [-0.05, 0) is 0 Å². The molecule has 1 aromatic rings. The van der Waals surface area contributed by atoms with Crippen molar-refractivity contribution in [1.82, 2.24) is 0 Å². The van der Waals surface area contributed by atoms with E-state index >= 15 is 0 Å². The van der Waals surface area contributed by atoms with Gasteiger partial charge in [-0.2, -0.15) is 0 Å². The fraction of sp³-hybridized carbons (Fsp3) is 0. The monoisotopic (exact) mass is 229 g/mol. The first-order valence-corrected chi connectivity index (χ1v) is 3.86. The van der Waals surface area contributed by atoms with Gasteiger partial charge in [-0.15, -0.1) is 0 Å². The van der Waals surface area contributed by atoms with Crippen LogP contribution < -0.4 is 3.58 Å². The molecular formula is C6H5O2Sn. The van der Waals surface area contributed by atoms with Crippen LogP contribution in [0.15, 0.2) is 18.2 Å². The quantitative estimate of drug-likeness (QED) is 0.608. The normalized spacial score (nSPS) is 9.44. The molecule has 0 aliphatic carbocycles. The van der Waals surface area contributed by atoms with E-state index in [1.807, 2.05) is 0 Å². The number of hydrogen-bond donors (Lipinski definition) is 2. The van der Waals surface area contributed by atoms with Crippen molar-refractivity contribution in [3.63, 3.8) is 0 Å². The summed E-state index contributed by atoms with van der Waals surface area (Å²) in [4.78, 5) is 0. The molecule has 0 unspecified atom stereocenters. The molecule has 1 rings (SSSR count). The van der Waals surface area contributed by atoms with Gasteiger partial charge in [0.2, 0.25) is 0 Å². The third kappa shape index (κ3) is 1.51. The van der Waals surface area contributed by atoms with E-state index in [1.54, 1.807) is 12.1 Å². The molecule has 0 aromatic heterocycles. The zero-order chi connectivity index (χ0) is 6.85. The fourth-order valence-corrected chi connectivity index (χ4v) is 0.964. The van der Waals surface area contributed by atoms with E-state index in [0.717, 1.165) is 26.1 Å². The number of aromatic hydroxyl groups is 2. The Labute approximate surface area is 66.2 Å². The minimum absolute atomic E-state index is 0.110. The molecule has 3 radical (unpaired) electrons. The average Bonchev–Trinajstić information content (AvgIpc) is 1.80. The molecule has 0 aliphatic rings. The maximum absolute atomic E-state index is 8.96. The molecule has 2 nitrogen and oxygen atoms in total. The van der Waals surface area contributed by atoms with Crippen LogP contribution in [0.2, 0.25) is 0 Å². The van der Waals surface area contributed by atoms with Crippen LogP contribution in [-0.4, -0.2) is 32.7 Å². The van der Waals surface area contributed by atoms with Gasteiger partial charge in [0, 0.05) is 0 Å². The van der Waals surface area contributed by atoms with Crippen molar-refractivity contribution in [2.24, 2.45) is 0 Å². The van der Waals surface area contributed by atoms with E-state index in [4.69, 9.17) is 10.2 Å². The summed E-state index contributed by atoms with van der Waals surface area (Å²) in [7, 11) is 0. The molecule has 0 saturated heterocycles. The number of phenols is 2. The van der Waals surface area contributed by atoms with E-state index in [1.165, 1.54) is 6.07 Å². The summed E-state index contributed by atoms with van der Waals surface area (Å²) >= 11 is 1.15. The second kappa shape index (κ2) is 2.47. The van der Waals surface area contributed by atoms with Crippen molar-refractivity contribution in [3.8, 4) is 11.5 Å². The molecular weight excluding hydrogens is 223 g/mol. The van der Waals surface area contributed by atoms with Crippen LogP contribution in [0.25, 0.3) is 0 Å². The van der Waals surface area contributed by atoms with Crippen LogP contribution >= 0.6 is 0 Å². The molecule has 9 heavy (non-hydrogen) atoms. The first-order chi connectivity index (χ1) is 4.20. The third-order valence-corrected chi connectivity index (χ3v) is 2.19. The van der Waals surface area contributed by atoms with Crippen LogP contribution in [0.5, 0.6) is 11.5 Å². The zero-order valence-electron chi connectivity index (χ0n) is 4.63. The average molecular weight is 228 g/mol. The molecule has 0 spiro atoms. The van der Waals surface area contributed by atoms with Gasteiger partial charge < -0.3 is 0 Å². The maximum atomic E-state index is 8.96. The number of benzene rings is 1. The van der Waals surface area contributed by atoms with E-state index < -0.39 is 0 Å². The molecule has 2 N–H and O–H groups in total. The Hall–Kier alpha value is -0.381. The summed E-state index contributed by atoms with van der Waals surface area (Å²) in [5.41, 5.74) is 0. The van der Waals surface area contributed by atoms with Crippen molar-refractivity contribution in [3.05, 3.63) is 18.2 Å². The molecule has 0 bridgehead atoms. The second-order valence-corrected chi connectivity index (χ2v) is 3.24. The van der Waals surface area contributed by atoms with Gasteiger partial charge in [0.25, 0.3) is 0 Å². The Balaban J connectivity index is 3.17. The molecule has 45 valence electrons. The predicted octanol–water partition coefficient (Wildman–Crippen LogP) is -0.108. The Bertz CT molecular complexity index is 222. The van der Waals surface area contributed by atoms with E-state index in [0.29, 0.717) is 0 Å². The predicted molar refractivity (Wildman–Crippen MR) is 35.2 cm³/mol. The zero-order valence-corrected chi connectivity index (χ0v) is 7.48. The Morgan fingerprint density at radius 1 is 1.22 bits per heavy atom. The van der Waals surface area contributed by atoms with Crippen molar-refractivity contribution in [1.29, 1.82) is 0 Å². The standard InChI is InChI=1S/C6H5O2.Sn/c7-5-2-1-3-6(8)4-5;/h1-2,4,7-8H;. The molecule has 1 aromatic carbocycles. The van der Waals surface area contributed by atoms with Crippen molar-refractivity contribution >= 4 is 26.1 Å². The Kier molecular flexibility index (Phi) is 1.85. The van der Waals surface area contributed by atoms with Crippen LogP contribution in [-0.2, 0) is 0 Å². The molecule has 0 aliphatic heterocycles. The number of hydrogen-bond acceptors (Lipinski definition) is 2. The Morgan fingerprint density at radius 3 is 2.33 bits per heavy atom. The van der Waals surface area contributed by atoms with Gasteiger partial charge in [0.05, 0.1) is 0 Å². The summed E-state index contributed by atoms with van der Waals surface area (Å²) in [5.74, 6) is 0.284. The first-order valence-electron chi connectivity index (χ1n) is 2.44. The first kappa shape index (κ1) is 6.73. The topological polar surface area (TPSA) is 40.5 Å². The molecule has 3 heteroatoms. The van der Waals surface area contributed by atoms with E-state index in [9.17, 15) is 0 Å². The fourth-order valence-electron chi connectivity index (χ4n) is 0.520. The van der Waals surface area contributed by atoms with Gasteiger partial charge in [0.15, 0.2) is 0 Å². The summed E-state index contributed by atoms with van der Waals surface area (Å²) in [6.07, 6.45) is 0. The van der Waals surface area contributed by atoms with Gasteiger partial charge in [0.1, 0.15) is 0 Å². The van der Waals surface area contributed by atoms with Crippen molar-refractivity contribution < 1.29 is 10.2 Å². The molecule has 0 fully saturated rings. The van der Waals surface area contributed by atoms with Crippen molar-refractivity contribution in [2.45, 2.75) is 0 Å². The minimum atomic E-state index is 0.110. The summed E-state index contributed by atoms with van der Waals surface area (Å²) in [5, 5.41) is 17.8. The SMILES string of the molecule is Oc1cc[c]([Sn])c(O)c1. The number of rotatable bonds is 0. The van der Waals surface area contributed by atoms with E-state index in [-0.39, 0.29) is 11.5 Å². The van der Waals surface area contributed by atoms with Gasteiger partial charge in [-0.1, -0.05) is 0 Å². The van der Waals surface area contributed by atoms with Crippen LogP contribution in [0.3, 0.4) is 0 Å². The third-order valence-electron chi connectivity index (χ3n) is 0.981. The van der Waals surface area contributed by atoms with E-state index in [2.05, 4.69) is 0 Å². The summed E-state index contributed by atoms with van der Waals surface area (Å²) in [6.45, 7) is 0. The van der Waals surface area contributed by atoms with Gasteiger partial charge in [-0.25, -0.2) is 0 Å². The Morgan fingerprint density at radius 2 is 1.89 bits per heavy atom. The molecule has 0 saturated carbocycles. The van der Waals surface area contributed by atoms with Gasteiger partial charge in [-0.3, -0.25) is 0 Å².